The third kappa shape index (κ3) is 3.52. The van der Waals surface area contributed by atoms with Gasteiger partial charge in [0.2, 0.25) is 0 Å². The van der Waals surface area contributed by atoms with Crippen LogP contribution in [0.5, 0.6) is 5.75 Å². The van der Waals surface area contributed by atoms with Gasteiger partial charge in [-0.25, -0.2) is 0 Å². The summed E-state index contributed by atoms with van der Waals surface area (Å²) in [6, 6.07) is 5.69. The van der Waals surface area contributed by atoms with Crippen molar-refractivity contribution in [2.75, 3.05) is 0 Å². The molecule has 0 bridgehead atoms. The third-order valence-corrected chi connectivity index (χ3v) is 2.91. The van der Waals surface area contributed by atoms with E-state index < -0.39 is 0 Å². The van der Waals surface area contributed by atoms with Crippen molar-refractivity contribution in [1.82, 2.24) is 0 Å². The Balaban J connectivity index is 2.67. The minimum Gasteiger partial charge on any atom is -0.508 e. The largest absolute Gasteiger partial charge is 0.508 e. The van der Waals surface area contributed by atoms with E-state index in [0.717, 1.165) is 16.4 Å². The van der Waals surface area contributed by atoms with Crippen LogP contribution in [0.2, 0.25) is 0 Å². The maximum Gasteiger partial charge on any atom is 0.116 e. The second-order valence-electron chi connectivity index (χ2n) is 3.29. The maximum absolute atomic E-state index is 9.19. The Hall–Kier alpha value is -0.290. The summed E-state index contributed by atoms with van der Waals surface area (Å²) in [5.41, 5.74) is 6.93. The number of aryl methyl sites for hydroxylation is 1. The number of phenolic OH excluding ortho intramolecular Hbond substituents is 1. The van der Waals surface area contributed by atoms with Gasteiger partial charge >= 0.3 is 0 Å². The smallest absolute Gasteiger partial charge is 0.116 e. The van der Waals surface area contributed by atoms with Crippen molar-refractivity contribution in [1.29, 1.82) is 0 Å². The first-order valence-corrected chi connectivity index (χ1v) is 5.40. The van der Waals surface area contributed by atoms with E-state index in [-0.39, 0.29) is 6.04 Å². The molecule has 3 heteroatoms. The highest BCUT2D eigenvalue weighted by molar-refractivity contribution is 14.1. The predicted molar refractivity (Wildman–Crippen MR) is 62.8 cm³/mol. The summed E-state index contributed by atoms with van der Waals surface area (Å²) < 4.78 is 1.11. The number of phenols is 1. The molecule has 3 N–H and O–H groups in total. The monoisotopic (exact) mass is 291 g/mol. The third-order valence-electron chi connectivity index (χ3n) is 1.91. The molecule has 0 aliphatic carbocycles. The summed E-state index contributed by atoms with van der Waals surface area (Å²) >= 11 is 2.23. The lowest BCUT2D eigenvalue weighted by molar-refractivity contribution is 0.474. The highest BCUT2D eigenvalue weighted by Gasteiger charge is 2.02. The van der Waals surface area contributed by atoms with Crippen LogP contribution in [0.4, 0.5) is 0 Å². The summed E-state index contributed by atoms with van der Waals surface area (Å²) in [7, 11) is 0. The maximum atomic E-state index is 9.19. The van der Waals surface area contributed by atoms with Crippen LogP contribution < -0.4 is 5.73 Å². The van der Waals surface area contributed by atoms with Crippen molar-refractivity contribution in [3.8, 4) is 5.75 Å². The average Bonchev–Trinajstić information content (AvgIpc) is 2.02. The molecule has 0 radical (unpaired) electrons. The molecule has 72 valence electrons. The summed E-state index contributed by atoms with van der Waals surface area (Å²) in [6.45, 7) is 2.01. The van der Waals surface area contributed by atoms with E-state index in [1.807, 2.05) is 13.0 Å². The van der Waals surface area contributed by atoms with E-state index in [1.165, 1.54) is 5.56 Å². The molecule has 13 heavy (non-hydrogen) atoms. The quantitative estimate of drug-likeness (QED) is 0.839. The molecule has 1 aromatic carbocycles. The SMILES string of the molecule is C[C@H](N)CCc1ccc(O)cc1I. The van der Waals surface area contributed by atoms with Crippen LogP contribution in [0.25, 0.3) is 0 Å². The van der Waals surface area contributed by atoms with Crippen LogP contribution >= 0.6 is 22.6 Å². The fourth-order valence-corrected chi connectivity index (χ4v) is 1.89. The summed E-state index contributed by atoms with van der Waals surface area (Å²) in [5, 5.41) is 9.19. The van der Waals surface area contributed by atoms with E-state index >= 15 is 0 Å². The van der Waals surface area contributed by atoms with Crippen LogP contribution in [0, 0.1) is 3.57 Å². The molecule has 1 aromatic rings. The van der Waals surface area contributed by atoms with E-state index in [2.05, 4.69) is 22.6 Å². The van der Waals surface area contributed by atoms with E-state index in [4.69, 9.17) is 5.73 Å². The molecule has 1 rings (SSSR count). The van der Waals surface area contributed by atoms with Crippen LogP contribution in [-0.4, -0.2) is 11.1 Å². The highest BCUT2D eigenvalue weighted by Crippen LogP contribution is 2.19. The molecule has 0 fully saturated rings. The van der Waals surface area contributed by atoms with E-state index in [0.29, 0.717) is 5.75 Å². The minimum atomic E-state index is 0.240. The van der Waals surface area contributed by atoms with Crippen LogP contribution in [0.1, 0.15) is 18.9 Å². The van der Waals surface area contributed by atoms with Gasteiger partial charge in [-0.05, 0) is 60.1 Å². The zero-order chi connectivity index (χ0) is 9.84. The van der Waals surface area contributed by atoms with Crippen LogP contribution in [0.3, 0.4) is 0 Å². The fraction of sp³-hybridized carbons (Fsp3) is 0.400. The Morgan fingerprint density at radius 1 is 1.54 bits per heavy atom. The summed E-state index contributed by atoms with van der Waals surface area (Å²) in [4.78, 5) is 0. The van der Waals surface area contributed by atoms with Gasteiger partial charge in [0.05, 0.1) is 0 Å². The topological polar surface area (TPSA) is 46.2 Å². The average molecular weight is 291 g/mol. The molecule has 1 atom stereocenters. The lowest BCUT2D eigenvalue weighted by Gasteiger charge is -2.07. The van der Waals surface area contributed by atoms with E-state index in [1.54, 1.807) is 12.1 Å². The molecule has 0 aromatic heterocycles. The van der Waals surface area contributed by atoms with Gasteiger partial charge in [0, 0.05) is 9.61 Å². The molecule has 0 amide bonds. The lowest BCUT2D eigenvalue weighted by Crippen LogP contribution is -2.15. The molecular formula is C10H14INO. The summed E-state index contributed by atoms with van der Waals surface area (Å²) in [6.07, 6.45) is 1.97. The first-order chi connectivity index (χ1) is 6.09. The number of benzene rings is 1. The minimum absolute atomic E-state index is 0.240. The Bertz CT molecular complexity index is 286. The Morgan fingerprint density at radius 2 is 2.23 bits per heavy atom. The van der Waals surface area contributed by atoms with Gasteiger partial charge in [-0.2, -0.15) is 0 Å². The molecule has 0 saturated carbocycles. The van der Waals surface area contributed by atoms with Crippen LogP contribution in [-0.2, 0) is 6.42 Å². The predicted octanol–water partition coefficient (Wildman–Crippen LogP) is 2.28. The standard InChI is InChI=1S/C10H14INO/c1-7(12)2-3-8-4-5-9(13)6-10(8)11/h4-7,13H,2-3,12H2,1H3/t7-/m0/s1. The van der Waals surface area contributed by atoms with Gasteiger partial charge in [-0.15, -0.1) is 0 Å². The van der Waals surface area contributed by atoms with Crippen molar-refractivity contribution in [3.63, 3.8) is 0 Å². The molecule has 0 aliphatic rings. The van der Waals surface area contributed by atoms with E-state index in [9.17, 15) is 5.11 Å². The Kier molecular flexibility index (Phi) is 3.99. The van der Waals surface area contributed by atoms with Crippen molar-refractivity contribution >= 4 is 22.6 Å². The highest BCUT2D eigenvalue weighted by atomic mass is 127. The Morgan fingerprint density at radius 3 is 2.77 bits per heavy atom. The van der Waals surface area contributed by atoms with Gasteiger partial charge in [0.25, 0.3) is 0 Å². The van der Waals surface area contributed by atoms with Gasteiger partial charge in [0.1, 0.15) is 5.75 Å². The van der Waals surface area contributed by atoms with Crippen LogP contribution in [0.15, 0.2) is 18.2 Å². The zero-order valence-corrected chi connectivity index (χ0v) is 9.78. The second-order valence-corrected chi connectivity index (χ2v) is 4.45. The Labute approximate surface area is 92.3 Å². The number of aromatic hydroxyl groups is 1. The number of hydrogen-bond donors (Lipinski definition) is 2. The number of halogens is 1. The number of nitrogens with two attached hydrogens (primary N) is 1. The number of rotatable bonds is 3. The molecule has 0 saturated heterocycles. The van der Waals surface area contributed by atoms with Gasteiger partial charge in [-0.3, -0.25) is 0 Å². The van der Waals surface area contributed by atoms with Crippen molar-refractivity contribution in [2.45, 2.75) is 25.8 Å². The van der Waals surface area contributed by atoms with Gasteiger partial charge in [0.15, 0.2) is 0 Å². The molecule has 0 aliphatic heterocycles. The second kappa shape index (κ2) is 4.81. The van der Waals surface area contributed by atoms with Crippen molar-refractivity contribution in [3.05, 3.63) is 27.3 Å². The molecule has 2 nitrogen and oxygen atoms in total. The van der Waals surface area contributed by atoms with Crippen molar-refractivity contribution in [2.24, 2.45) is 5.73 Å². The van der Waals surface area contributed by atoms with Gasteiger partial charge in [-0.1, -0.05) is 6.07 Å². The normalized spacial score (nSPS) is 12.8. The molecule has 0 spiro atoms. The zero-order valence-electron chi connectivity index (χ0n) is 7.63. The first kappa shape index (κ1) is 10.8. The molecule has 0 heterocycles. The fourth-order valence-electron chi connectivity index (χ4n) is 1.12. The lowest BCUT2D eigenvalue weighted by atomic mass is 10.1. The first-order valence-electron chi connectivity index (χ1n) is 4.32. The van der Waals surface area contributed by atoms with Crippen molar-refractivity contribution < 1.29 is 5.11 Å². The number of hydrogen-bond acceptors (Lipinski definition) is 2. The summed E-state index contributed by atoms with van der Waals surface area (Å²) in [5.74, 6) is 0.328. The molecular weight excluding hydrogens is 277 g/mol. The van der Waals surface area contributed by atoms with Gasteiger partial charge < -0.3 is 10.8 Å². The molecule has 0 unspecified atom stereocenters.